The molecule has 0 radical (unpaired) electrons. The van der Waals surface area contributed by atoms with Gasteiger partial charge in [0.15, 0.2) is 0 Å². The summed E-state index contributed by atoms with van der Waals surface area (Å²) in [5.41, 5.74) is 18.4. The fourth-order valence-corrected chi connectivity index (χ4v) is 13.7. The molecule has 1 aromatic heterocycles. The van der Waals surface area contributed by atoms with Gasteiger partial charge in [-0.3, -0.25) is 95.9 Å². The molecule has 3 aromatic rings. The Morgan fingerprint density at radius 1 is 0.385 bits per heavy atom. The summed E-state index contributed by atoms with van der Waals surface area (Å²) in [6, 6.07) is -16.3. The van der Waals surface area contributed by atoms with Gasteiger partial charge in [0.05, 0.1) is 38.0 Å². The minimum absolute atomic E-state index is 0.0174. The summed E-state index contributed by atoms with van der Waals surface area (Å²) in [4.78, 5) is 289. The molecular formula is C87H133N19O29. The van der Waals surface area contributed by atoms with E-state index in [0.717, 1.165) is 13.8 Å². The first-order valence-corrected chi connectivity index (χ1v) is 44.2. The van der Waals surface area contributed by atoms with Crippen molar-refractivity contribution in [3.05, 3.63) is 65.9 Å². The van der Waals surface area contributed by atoms with Crippen LogP contribution in [0.4, 0.5) is 0 Å². The number of hydrogen-bond acceptors (Lipinski definition) is 26. The number of carboxylic acids is 5. The number of hydrogen-bond donors (Lipinski definition) is 27. The molecule has 2 aromatic carbocycles. The van der Waals surface area contributed by atoms with Gasteiger partial charge in [-0.1, -0.05) is 106 Å². The van der Waals surface area contributed by atoms with Crippen molar-refractivity contribution in [3.8, 4) is 5.75 Å². The zero-order valence-electron chi connectivity index (χ0n) is 77.5. The first-order valence-electron chi connectivity index (χ1n) is 44.2. The number of nitrogens with two attached hydrogens (primary N) is 3. The highest BCUT2D eigenvalue weighted by molar-refractivity contribution is 6.03. The van der Waals surface area contributed by atoms with Crippen molar-refractivity contribution >= 4 is 135 Å². The number of rotatable bonds is 62. The van der Waals surface area contributed by atoms with E-state index in [1.165, 1.54) is 37.4 Å². The van der Waals surface area contributed by atoms with Crippen LogP contribution in [0.15, 0.2) is 54.7 Å². The number of H-pyrrole nitrogens is 1. The number of phenols is 1. The standard InChI is InChI=1S/C87H133N19O29/c1-13-44(10)70(105-75(122)52(20-16-17-29-88)95-86(133)71(46(12)108)106-82(129)61(37-68(117)118)101-74(121)54(26-28-66(113)114)94-84(131)69(90)43(8)9)85(132)102-60(36-67(115)116)81(128)97-55(30-40(2)3)77(124)99-58(34-48-38-91-51-19-15-14-18-50(48)51)80(127)104-63(39-107)83(130)98-57(33-47-21-23-49(109)24-22-47)79(126)100-59(35-64(89)110)76(123)92-45(11)72(119)93-53(25-27-65(111)112)73(120)96-56(31-41(4)5)78(125)103-62(87(134)135)32-42(6)7/h14-15,18-19,21-24,38,40-46,52-63,69-71,91,107-109H,13,16-17,20,25-37,39,88,90H2,1-12H3,(H2,89,110)(H,92,123)(H,93,119)(H,94,131)(H,95,133)(H,96,120)(H,97,128)(H,98,130)(H,99,124)(H,100,126)(H,101,121)(H,102,132)(H,103,125)(H,104,127)(H,105,122)(H,106,129)(H,111,112)(H,113,114)(H,115,116)(H,117,118)(H,134,135)/t44-,45-,46+,52-,53-,54-,55-,56-,57-,58-,59-,60-,61-,62-,63-,69-,70-,71-/m0/s1. The molecule has 0 fully saturated rings. The molecule has 48 nitrogen and oxygen atoms in total. The Morgan fingerprint density at radius 2 is 0.756 bits per heavy atom. The Labute approximate surface area is 778 Å². The molecule has 0 aliphatic carbocycles. The molecule has 0 aliphatic heterocycles. The second kappa shape index (κ2) is 57.2. The van der Waals surface area contributed by atoms with E-state index in [-0.39, 0.29) is 74.6 Å². The zero-order chi connectivity index (χ0) is 102. The maximum Gasteiger partial charge on any atom is 0.326 e. The van der Waals surface area contributed by atoms with E-state index in [9.17, 15) is 142 Å². The minimum Gasteiger partial charge on any atom is -0.508 e. The number of aliphatic hydroxyl groups excluding tert-OH is 2. The van der Waals surface area contributed by atoms with E-state index in [0.29, 0.717) is 16.5 Å². The lowest BCUT2D eigenvalue weighted by atomic mass is 9.96. The molecule has 0 saturated heterocycles. The fourth-order valence-electron chi connectivity index (χ4n) is 13.7. The number of aromatic amines is 1. The average molecular weight is 1910 g/mol. The fraction of sp³-hybridized carbons (Fsp3) is 0.598. The van der Waals surface area contributed by atoms with Gasteiger partial charge >= 0.3 is 29.8 Å². The van der Waals surface area contributed by atoms with Crippen LogP contribution in [-0.2, 0) is 114 Å². The third-order valence-electron chi connectivity index (χ3n) is 21.4. The van der Waals surface area contributed by atoms with Gasteiger partial charge in [-0.15, -0.1) is 0 Å². The van der Waals surface area contributed by atoms with Gasteiger partial charge in [-0.2, -0.15) is 0 Å². The highest BCUT2D eigenvalue weighted by Gasteiger charge is 2.42. The summed E-state index contributed by atoms with van der Waals surface area (Å²) in [5.74, 6) is -29.1. The molecule has 0 spiro atoms. The van der Waals surface area contributed by atoms with Gasteiger partial charge in [0.25, 0.3) is 0 Å². The van der Waals surface area contributed by atoms with Crippen LogP contribution in [0, 0.1) is 29.6 Å². The summed E-state index contributed by atoms with van der Waals surface area (Å²) >= 11 is 0. The maximum atomic E-state index is 15.0. The van der Waals surface area contributed by atoms with Gasteiger partial charge < -0.3 is 143 Å². The van der Waals surface area contributed by atoms with E-state index < -0.39 is 309 Å². The van der Waals surface area contributed by atoms with Gasteiger partial charge in [-0.05, 0) is 131 Å². The SMILES string of the molecule is CC[C@H](C)[C@H](NC(=O)[C@H](CCCCN)NC(=O)[C@@H](NC(=O)[C@H](CC(=O)O)NC(=O)[C@H](CCC(=O)O)NC(=O)[C@@H](N)C(C)C)[C@@H](C)O)C(=O)N[C@@H](CC(=O)O)C(=O)N[C@@H](CC(C)C)C(=O)N[C@@H](Cc1c[nH]c2ccccc12)C(=O)N[C@@H](CO)C(=O)N[C@@H](Cc1ccc(O)cc1)C(=O)N[C@@H](CC(N)=O)C(=O)N[C@@H](C)C(=O)N[C@@H](CCC(=O)O)C(=O)N[C@@H](CC(C)C)C(=O)N[C@@H](CC(C)C)C(=O)O. The number of carboxylic acid groups (broad SMARTS) is 5. The van der Waals surface area contributed by atoms with Crippen molar-refractivity contribution in [1.29, 1.82) is 0 Å². The molecular weight excluding hydrogens is 1780 g/mol. The van der Waals surface area contributed by atoms with Crippen molar-refractivity contribution in [2.24, 2.45) is 46.8 Å². The molecule has 135 heavy (non-hydrogen) atoms. The van der Waals surface area contributed by atoms with Crippen molar-refractivity contribution in [2.75, 3.05) is 13.2 Å². The Kier molecular flexibility index (Phi) is 49.0. The van der Waals surface area contributed by atoms with E-state index in [1.54, 1.807) is 86.6 Å². The molecule has 0 unspecified atom stereocenters. The number of benzene rings is 2. The van der Waals surface area contributed by atoms with Crippen LogP contribution in [0.5, 0.6) is 5.75 Å². The van der Waals surface area contributed by atoms with Gasteiger partial charge in [0.2, 0.25) is 94.5 Å². The highest BCUT2D eigenvalue weighted by Crippen LogP contribution is 2.22. The number of aromatic hydroxyl groups is 1. The molecule has 48 heteroatoms. The molecule has 0 bridgehead atoms. The number of unbranched alkanes of at least 4 members (excludes halogenated alkanes) is 1. The summed E-state index contributed by atoms with van der Waals surface area (Å²) < 4.78 is 0. The number of amides is 16. The lowest BCUT2D eigenvalue weighted by Gasteiger charge is -2.30. The van der Waals surface area contributed by atoms with Gasteiger partial charge in [-0.25, -0.2) is 4.79 Å². The number of primary amides is 1. The van der Waals surface area contributed by atoms with Crippen molar-refractivity contribution < 1.29 is 142 Å². The lowest BCUT2D eigenvalue weighted by Crippen LogP contribution is -2.63. The average Bonchev–Trinajstić information content (AvgIpc) is 1.71. The second-order valence-electron chi connectivity index (χ2n) is 34.7. The summed E-state index contributed by atoms with van der Waals surface area (Å²) in [6.45, 7) is 17.2. The predicted octanol–water partition coefficient (Wildman–Crippen LogP) is -4.74. The maximum absolute atomic E-state index is 15.0. The zero-order valence-corrected chi connectivity index (χ0v) is 77.5. The smallest absolute Gasteiger partial charge is 0.326 e. The summed E-state index contributed by atoms with van der Waals surface area (Å²) in [7, 11) is 0. The topological polar surface area (TPSA) is 795 Å². The quantitative estimate of drug-likeness (QED) is 0.0236. The molecule has 30 N–H and O–H groups in total. The monoisotopic (exact) mass is 1910 g/mol. The number of para-hydroxylation sites is 1. The van der Waals surface area contributed by atoms with Crippen LogP contribution < -0.4 is 97.0 Å². The minimum atomic E-state index is -2.08. The first-order chi connectivity index (χ1) is 63.2. The Hall–Kier alpha value is -13.5. The number of aliphatic hydroxyl groups is 2. The van der Waals surface area contributed by atoms with Crippen molar-refractivity contribution in [2.45, 2.75) is 289 Å². The van der Waals surface area contributed by atoms with Gasteiger partial charge in [0.1, 0.15) is 96.4 Å². The van der Waals surface area contributed by atoms with E-state index in [1.807, 2.05) is 0 Å². The van der Waals surface area contributed by atoms with Crippen LogP contribution in [0.2, 0.25) is 0 Å². The van der Waals surface area contributed by atoms with Crippen LogP contribution in [0.3, 0.4) is 0 Å². The first kappa shape index (κ1) is 116. The van der Waals surface area contributed by atoms with Crippen LogP contribution in [0.1, 0.15) is 184 Å². The summed E-state index contributed by atoms with van der Waals surface area (Å²) in [5, 5.41) is 117. The Bertz CT molecular complexity index is 4620. The molecule has 750 valence electrons. The van der Waals surface area contributed by atoms with Crippen LogP contribution >= 0.6 is 0 Å². The molecule has 16 amide bonds. The number of phenolic OH excluding ortho intramolecular Hbond substituents is 1. The Balaban J connectivity index is 2.03. The third-order valence-corrected chi connectivity index (χ3v) is 21.4. The predicted molar refractivity (Wildman–Crippen MR) is 480 cm³/mol. The highest BCUT2D eigenvalue weighted by atomic mass is 16.4. The number of nitrogens with one attached hydrogen (secondary N) is 16. The number of aliphatic carboxylic acids is 5. The molecule has 0 aliphatic rings. The molecule has 3 rings (SSSR count). The van der Waals surface area contributed by atoms with Crippen LogP contribution in [-0.4, -0.2) is 286 Å². The van der Waals surface area contributed by atoms with Gasteiger partial charge in [0, 0.05) is 42.8 Å². The van der Waals surface area contributed by atoms with E-state index in [4.69, 9.17) is 17.2 Å². The number of aromatic nitrogens is 1. The number of carbonyl (C=O) groups excluding carboxylic acids is 16. The van der Waals surface area contributed by atoms with Crippen molar-refractivity contribution in [3.63, 3.8) is 0 Å². The largest absolute Gasteiger partial charge is 0.508 e. The third kappa shape index (κ3) is 40.9. The lowest BCUT2D eigenvalue weighted by molar-refractivity contribution is -0.143. The van der Waals surface area contributed by atoms with Crippen LogP contribution in [0.25, 0.3) is 10.9 Å². The molecule has 18 atom stereocenters. The molecule has 1 heterocycles. The van der Waals surface area contributed by atoms with Crippen molar-refractivity contribution in [1.82, 2.24) is 84.7 Å². The van der Waals surface area contributed by atoms with E-state index in [2.05, 4.69) is 84.7 Å². The number of fused-ring (bicyclic) bond motifs is 1. The molecule has 0 saturated carbocycles. The van der Waals surface area contributed by atoms with E-state index >= 15 is 0 Å². The normalized spacial score (nSPS) is 15.3. The summed E-state index contributed by atoms with van der Waals surface area (Å²) in [6.07, 6.45) is -7.38. The Morgan fingerprint density at radius 3 is 1.21 bits per heavy atom. The second-order valence-corrected chi connectivity index (χ2v) is 34.7. The number of carbonyl (C=O) groups is 21.